The van der Waals surface area contributed by atoms with Gasteiger partial charge in [0.1, 0.15) is 11.2 Å². The SMILES string of the molecule is Nc1ccc2cc(-c3cccc4c3oc3ccccc34)ccc2c1. The number of anilines is 1. The van der Waals surface area contributed by atoms with E-state index in [9.17, 15) is 0 Å². The first kappa shape index (κ1) is 13.2. The number of rotatable bonds is 1. The third-order valence-electron chi connectivity index (χ3n) is 4.58. The highest BCUT2D eigenvalue weighted by atomic mass is 16.3. The largest absolute Gasteiger partial charge is 0.455 e. The summed E-state index contributed by atoms with van der Waals surface area (Å²) in [6, 6.07) is 26.9. The van der Waals surface area contributed by atoms with Crippen LogP contribution in [0.15, 0.2) is 83.3 Å². The van der Waals surface area contributed by atoms with Crippen molar-refractivity contribution in [3.63, 3.8) is 0 Å². The van der Waals surface area contributed by atoms with Crippen LogP contribution >= 0.6 is 0 Å². The summed E-state index contributed by atoms with van der Waals surface area (Å²) in [5.74, 6) is 0. The van der Waals surface area contributed by atoms with Gasteiger partial charge in [-0.05, 0) is 40.6 Å². The number of para-hydroxylation sites is 2. The molecule has 2 N–H and O–H groups in total. The number of nitrogens with two attached hydrogens (primary N) is 1. The Hall–Kier alpha value is -3.26. The molecule has 0 atom stereocenters. The molecule has 2 nitrogen and oxygen atoms in total. The highest BCUT2D eigenvalue weighted by Crippen LogP contribution is 2.36. The zero-order valence-electron chi connectivity index (χ0n) is 13.0. The van der Waals surface area contributed by atoms with Crippen molar-refractivity contribution in [1.82, 2.24) is 0 Å². The van der Waals surface area contributed by atoms with Crippen LogP contribution < -0.4 is 5.73 Å². The van der Waals surface area contributed by atoms with Crippen molar-refractivity contribution in [1.29, 1.82) is 0 Å². The van der Waals surface area contributed by atoms with E-state index in [1.165, 1.54) is 5.39 Å². The summed E-state index contributed by atoms with van der Waals surface area (Å²) < 4.78 is 6.15. The third kappa shape index (κ3) is 1.90. The van der Waals surface area contributed by atoms with Crippen molar-refractivity contribution in [3.8, 4) is 11.1 Å². The van der Waals surface area contributed by atoms with E-state index in [4.69, 9.17) is 10.2 Å². The highest BCUT2D eigenvalue weighted by molar-refractivity contribution is 6.09. The standard InChI is InChI=1S/C22H15NO/c23-17-11-10-14-12-16(9-8-15(14)13-17)18-5-3-6-20-19-4-1-2-7-21(19)24-22(18)20/h1-13H,23H2. The quantitative estimate of drug-likeness (QED) is 0.386. The van der Waals surface area contributed by atoms with E-state index in [0.29, 0.717) is 0 Å². The van der Waals surface area contributed by atoms with Crippen LogP contribution in [-0.2, 0) is 0 Å². The normalized spacial score (nSPS) is 11.5. The molecule has 5 aromatic rings. The predicted molar refractivity (Wildman–Crippen MR) is 101 cm³/mol. The summed E-state index contributed by atoms with van der Waals surface area (Å²) in [6.07, 6.45) is 0. The molecule has 5 rings (SSSR count). The van der Waals surface area contributed by atoms with Crippen LogP contribution in [-0.4, -0.2) is 0 Å². The lowest BCUT2D eigenvalue weighted by Gasteiger charge is -2.06. The smallest absolute Gasteiger partial charge is 0.143 e. The zero-order chi connectivity index (χ0) is 16.1. The van der Waals surface area contributed by atoms with Crippen molar-refractivity contribution in [2.75, 3.05) is 5.73 Å². The Kier molecular flexibility index (Phi) is 2.68. The van der Waals surface area contributed by atoms with Crippen molar-refractivity contribution in [2.24, 2.45) is 0 Å². The molecule has 4 aromatic carbocycles. The van der Waals surface area contributed by atoms with Gasteiger partial charge in [-0.25, -0.2) is 0 Å². The van der Waals surface area contributed by atoms with E-state index in [-0.39, 0.29) is 0 Å². The van der Waals surface area contributed by atoms with Gasteiger partial charge in [-0.1, -0.05) is 54.6 Å². The van der Waals surface area contributed by atoms with E-state index in [1.807, 2.05) is 30.3 Å². The molecule has 0 saturated heterocycles. The van der Waals surface area contributed by atoms with Gasteiger partial charge in [0.25, 0.3) is 0 Å². The molecule has 0 spiro atoms. The molecule has 0 fully saturated rings. The number of fused-ring (bicyclic) bond motifs is 4. The van der Waals surface area contributed by atoms with Crippen LogP contribution in [0.25, 0.3) is 43.8 Å². The van der Waals surface area contributed by atoms with E-state index in [1.54, 1.807) is 0 Å². The number of hydrogen-bond donors (Lipinski definition) is 1. The van der Waals surface area contributed by atoms with Gasteiger partial charge in [-0.15, -0.1) is 0 Å². The molecule has 0 aliphatic heterocycles. The molecule has 24 heavy (non-hydrogen) atoms. The second-order valence-electron chi connectivity index (χ2n) is 6.10. The fraction of sp³-hybridized carbons (Fsp3) is 0. The fourth-order valence-corrected chi connectivity index (χ4v) is 3.41. The van der Waals surface area contributed by atoms with E-state index in [0.717, 1.165) is 44.1 Å². The van der Waals surface area contributed by atoms with Gasteiger partial charge >= 0.3 is 0 Å². The summed E-state index contributed by atoms with van der Waals surface area (Å²) in [4.78, 5) is 0. The Morgan fingerprint density at radius 3 is 2.42 bits per heavy atom. The Bertz CT molecular complexity index is 1220. The Labute approximate surface area is 139 Å². The molecule has 0 unspecified atom stereocenters. The maximum absolute atomic E-state index is 6.15. The number of hydrogen-bond acceptors (Lipinski definition) is 2. The van der Waals surface area contributed by atoms with Crippen LogP contribution in [0, 0.1) is 0 Å². The molecule has 0 saturated carbocycles. The molecule has 114 valence electrons. The first-order valence-electron chi connectivity index (χ1n) is 7.99. The lowest BCUT2D eigenvalue weighted by Crippen LogP contribution is -1.84. The van der Waals surface area contributed by atoms with Crippen molar-refractivity contribution < 1.29 is 4.42 Å². The van der Waals surface area contributed by atoms with Gasteiger partial charge in [0.15, 0.2) is 0 Å². The maximum atomic E-state index is 6.15. The topological polar surface area (TPSA) is 39.2 Å². The van der Waals surface area contributed by atoms with Gasteiger partial charge in [0.2, 0.25) is 0 Å². The van der Waals surface area contributed by atoms with Crippen LogP contribution in [0.2, 0.25) is 0 Å². The first-order chi connectivity index (χ1) is 11.8. The van der Waals surface area contributed by atoms with Gasteiger partial charge in [-0.2, -0.15) is 0 Å². The van der Waals surface area contributed by atoms with Crippen LogP contribution in [0.5, 0.6) is 0 Å². The molecular weight excluding hydrogens is 294 g/mol. The molecule has 0 radical (unpaired) electrons. The van der Waals surface area contributed by atoms with Crippen molar-refractivity contribution in [2.45, 2.75) is 0 Å². The third-order valence-corrected chi connectivity index (χ3v) is 4.58. The minimum Gasteiger partial charge on any atom is -0.455 e. The lowest BCUT2D eigenvalue weighted by atomic mass is 9.99. The Morgan fingerprint density at radius 1 is 0.667 bits per heavy atom. The van der Waals surface area contributed by atoms with Gasteiger partial charge in [0, 0.05) is 22.0 Å². The summed E-state index contributed by atoms with van der Waals surface area (Å²) in [7, 11) is 0. The fourth-order valence-electron chi connectivity index (χ4n) is 3.41. The first-order valence-corrected chi connectivity index (χ1v) is 7.99. The Morgan fingerprint density at radius 2 is 1.46 bits per heavy atom. The van der Waals surface area contributed by atoms with Gasteiger partial charge in [-0.3, -0.25) is 0 Å². The van der Waals surface area contributed by atoms with Crippen LogP contribution in [0.4, 0.5) is 5.69 Å². The Balaban J connectivity index is 1.81. The molecule has 1 heterocycles. The maximum Gasteiger partial charge on any atom is 0.143 e. The van der Waals surface area contributed by atoms with E-state index in [2.05, 4.69) is 48.5 Å². The summed E-state index contributed by atoms with van der Waals surface area (Å²) in [6.45, 7) is 0. The van der Waals surface area contributed by atoms with E-state index < -0.39 is 0 Å². The van der Waals surface area contributed by atoms with Crippen molar-refractivity contribution >= 4 is 38.4 Å². The minimum absolute atomic E-state index is 0.787. The summed E-state index contributed by atoms with van der Waals surface area (Å²) in [5.41, 5.74) is 10.8. The molecule has 0 aliphatic rings. The van der Waals surface area contributed by atoms with Crippen molar-refractivity contribution in [3.05, 3.63) is 78.9 Å². The monoisotopic (exact) mass is 309 g/mol. The number of nitrogen functional groups attached to an aromatic ring is 1. The number of benzene rings is 4. The average molecular weight is 309 g/mol. The van der Waals surface area contributed by atoms with Crippen LogP contribution in [0.3, 0.4) is 0 Å². The number of furan rings is 1. The molecule has 1 aromatic heterocycles. The summed E-state index contributed by atoms with van der Waals surface area (Å²) in [5, 5.41) is 4.63. The highest BCUT2D eigenvalue weighted by Gasteiger charge is 2.11. The zero-order valence-corrected chi connectivity index (χ0v) is 13.0. The lowest BCUT2D eigenvalue weighted by molar-refractivity contribution is 0.670. The molecular formula is C22H15NO. The predicted octanol–water partition coefficient (Wildman–Crippen LogP) is 5.99. The summed E-state index contributed by atoms with van der Waals surface area (Å²) >= 11 is 0. The second-order valence-corrected chi connectivity index (χ2v) is 6.10. The average Bonchev–Trinajstić information content (AvgIpc) is 3.00. The van der Waals surface area contributed by atoms with Gasteiger partial charge in [0.05, 0.1) is 0 Å². The van der Waals surface area contributed by atoms with Crippen LogP contribution in [0.1, 0.15) is 0 Å². The second kappa shape index (κ2) is 4.87. The van der Waals surface area contributed by atoms with Gasteiger partial charge < -0.3 is 10.2 Å². The molecule has 0 aliphatic carbocycles. The van der Waals surface area contributed by atoms with E-state index >= 15 is 0 Å². The molecule has 0 amide bonds. The molecule has 0 bridgehead atoms. The molecule has 2 heteroatoms. The minimum atomic E-state index is 0.787.